The summed E-state index contributed by atoms with van der Waals surface area (Å²) < 4.78 is 0. The van der Waals surface area contributed by atoms with Gasteiger partial charge >= 0.3 is 5.69 Å². The van der Waals surface area contributed by atoms with E-state index in [4.69, 9.17) is 0 Å². The summed E-state index contributed by atoms with van der Waals surface area (Å²) in [5, 5.41) is 12.0. The Morgan fingerprint density at radius 1 is 1.33 bits per heavy atom. The van der Waals surface area contributed by atoms with Crippen LogP contribution in [0.15, 0.2) is 36.7 Å². The Bertz CT molecular complexity index is 621. The van der Waals surface area contributed by atoms with E-state index < -0.39 is 0 Å². The van der Waals surface area contributed by atoms with Gasteiger partial charge in [-0.3, -0.25) is 10.1 Å². The molecule has 5 nitrogen and oxygen atoms in total. The Labute approximate surface area is 105 Å². The maximum atomic E-state index is 11.2. The monoisotopic (exact) mass is 243 g/mol. The van der Waals surface area contributed by atoms with Crippen molar-refractivity contribution < 1.29 is 4.92 Å². The highest BCUT2D eigenvalue weighted by Crippen LogP contribution is 2.28. The molecule has 0 amide bonds. The van der Waals surface area contributed by atoms with Gasteiger partial charge in [-0.2, -0.15) is 0 Å². The van der Waals surface area contributed by atoms with Crippen LogP contribution in [0, 0.1) is 10.1 Å². The lowest BCUT2D eigenvalue weighted by atomic mass is 10.1. The molecular weight excluding hydrogens is 230 g/mol. The van der Waals surface area contributed by atoms with Gasteiger partial charge in [0.05, 0.1) is 10.5 Å². The number of aromatic nitrogens is 1. The first-order valence-corrected chi connectivity index (χ1v) is 5.46. The second-order valence-corrected chi connectivity index (χ2v) is 4.11. The maximum Gasteiger partial charge on any atom is 0.302 e. The van der Waals surface area contributed by atoms with Crippen molar-refractivity contribution in [3.63, 3.8) is 0 Å². The third kappa shape index (κ3) is 2.29. The molecular formula is C13H13N3O2. The van der Waals surface area contributed by atoms with E-state index in [1.54, 1.807) is 30.6 Å². The number of benzene rings is 1. The van der Waals surface area contributed by atoms with Crippen LogP contribution < -0.4 is 0 Å². The zero-order valence-corrected chi connectivity index (χ0v) is 10.2. The molecule has 0 atom stereocenters. The van der Waals surface area contributed by atoms with Gasteiger partial charge < -0.3 is 4.90 Å². The highest BCUT2D eigenvalue weighted by molar-refractivity contribution is 5.91. The van der Waals surface area contributed by atoms with Gasteiger partial charge in [-0.05, 0) is 24.4 Å². The molecule has 92 valence electrons. The standard InChI is InChI=1S/C13H13N3O2/c1-15(2)9-7-11-6-5-10-4-3-8-14-12(10)13(11)16(17)18/h3-9H,1-2H3/b9-7+. The van der Waals surface area contributed by atoms with Crippen LogP contribution in [-0.2, 0) is 0 Å². The molecule has 0 radical (unpaired) electrons. The van der Waals surface area contributed by atoms with Crippen LogP contribution in [0.4, 0.5) is 5.69 Å². The number of rotatable bonds is 3. The van der Waals surface area contributed by atoms with Gasteiger partial charge in [0, 0.05) is 25.7 Å². The fourth-order valence-electron chi connectivity index (χ4n) is 1.70. The summed E-state index contributed by atoms with van der Waals surface area (Å²) in [7, 11) is 3.73. The second kappa shape index (κ2) is 4.83. The van der Waals surface area contributed by atoms with Crippen LogP contribution in [0.25, 0.3) is 17.0 Å². The number of hydrogen-bond acceptors (Lipinski definition) is 4. The molecule has 0 aliphatic carbocycles. The minimum atomic E-state index is -0.384. The first-order chi connectivity index (χ1) is 8.59. The van der Waals surface area contributed by atoms with Crippen molar-refractivity contribution in [2.75, 3.05) is 14.1 Å². The van der Waals surface area contributed by atoms with Crippen molar-refractivity contribution in [2.24, 2.45) is 0 Å². The summed E-state index contributed by atoms with van der Waals surface area (Å²) in [5.74, 6) is 0. The molecule has 18 heavy (non-hydrogen) atoms. The summed E-state index contributed by atoms with van der Waals surface area (Å²) in [5.41, 5.74) is 1.02. The molecule has 0 bridgehead atoms. The molecule has 0 aliphatic rings. The van der Waals surface area contributed by atoms with E-state index in [9.17, 15) is 10.1 Å². The molecule has 2 aromatic rings. The minimum Gasteiger partial charge on any atom is -0.383 e. The normalized spacial score (nSPS) is 11.0. The van der Waals surface area contributed by atoms with E-state index in [1.807, 2.05) is 31.1 Å². The predicted octanol–water partition coefficient (Wildman–Crippen LogP) is 2.68. The molecule has 0 fully saturated rings. The van der Waals surface area contributed by atoms with Crippen molar-refractivity contribution in [3.8, 4) is 0 Å². The fourth-order valence-corrected chi connectivity index (χ4v) is 1.70. The van der Waals surface area contributed by atoms with Crippen LogP contribution in [0.3, 0.4) is 0 Å². The van der Waals surface area contributed by atoms with Crippen molar-refractivity contribution in [3.05, 3.63) is 52.3 Å². The molecule has 0 spiro atoms. The smallest absolute Gasteiger partial charge is 0.302 e. The van der Waals surface area contributed by atoms with Gasteiger partial charge in [-0.1, -0.05) is 12.1 Å². The van der Waals surface area contributed by atoms with Crippen LogP contribution in [0.2, 0.25) is 0 Å². The fraction of sp³-hybridized carbons (Fsp3) is 0.154. The molecule has 1 aromatic heterocycles. The topological polar surface area (TPSA) is 59.3 Å². The van der Waals surface area contributed by atoms with E-state index in [-0.39, 0.29) is 10.6 Å². The Hall–Kier alpha value is -2.43. The average molecular weight is 243 g/mol. The van der Waals surface area contributed by atoms with E-state index in [0.717, 1.165) is 5.39 Å². The lowest BCUT2D eigenvalue weighted by molar-refractivity contribution is -0.383. The highest BCUT2D eigenvalue weighted by Gasteiger charge is 2.17. The number of fused-ring (bicyclic) bond motifs is 1. The zero-order valence-electron chi connectivity index (χ0n) is 10.2. The molecule has 1 heterocycles. The Kier molecular flexibility index (Phi) is 3.23. The molecule has 5 heteroatoms. The first-order valence-electron chi connectivity index (χ1n) is 5.46. The third-order valence-corrected chi connectivity index (χ3v) is 2.51. The number of hydrogen-bond donors (Lipinski definition) is 0. The van der Waals surface area contributed by atoms with E-state index in [0.29, 0.717) is 11.1 Å². The van der Waals surface area contributed by atoms with Gasteiger partial charge in [0.15, 0.2) is 0 Å². The van der Waals surface area contributed by atoms with E-state index >= 15 is 0 Å². The Morgan fingerprint density at radius 2 is 2.11 bits per heavy atom. The van der Waals surface area contributed by atoms with Gasteiger partial charge in [-0.15, -0.1) is 0 Å². The summed E-state index contributed by atoms with van der Waals surface area (Å²) in [6.45, 7) is 0. The average Bonchev–Trinajstić information content (AvgIpc) is 2.35. The summed E-state index contributed by atoms with van der Waals surface area (Å²) in [6.07, 6.45) is 5.05. The molecule has 0 saturated carbocycles. The summed E-state index contributed by atoms with van der Waals surface area (Å²) in [6, 6.07) is 7.16. The van der Waals surface area contributed by atoms with Crippen LogP contribution in [-0.4, -0.2) is 28.9 Å². The Morgan fingerprint density at radius 3 is 2.78 bits per heavy atom. The zero-order chi connectivity index (χ0) is 13.1. The van der Waals surface area contributed by atoms with E-state index in [2.05, 4.69) is 4.98 Å². The molecule has 0 unspecified atom stereocenters. The Balaban J connectivity index is 2.67. The van der Waals surface area contributed by atoms with Gasteiger partial charge in [0.25, 0.3) is 0 Å². The molecule has 1 aromatic carbocycles. The van der Waals surface area contributed by atoms with Crippen LogP contribution in [0.5, 0.6) is 0 Å². The van der Waals surface area contributed by atoms with Crippen LogP contribution in [0.1, 0.15) is 5.56 Å². The number of nitrogens with zero attached hydrogens (tertiary/aromatic N) is 3. The largest absolute Gasteiger partial charge is 0.383 e. The summed E-state index contributed by atoms with van der Waals surface area (Å²) >= 11 is 0. The van der Waals surface area contributed by atoms with E-state index in [1.165, 1.54) is 0 Å². The molecule has 0 aliphatic heterocycles. The third-order valence-electron chi connectivity index (χ3n) is 2.51. The lowest BCUT2D eigenvalue weighted by Crippen LogP contribution is -2.00. The predicted molar refractivity (Wildman–Crippen MR) is 71.1 cm³/mol. The van der Waals surface area contributed by atoms with Gasteiger partial charge in [0.2, 0.25) is 0 Å². The number of nitro groups is 1. The first kappa shape index (κ1) is 12.0. The van der Waals surface area contributed by atoms with Gasteiger partial charge in [-0.25, -0.2) is 4.98 Å². The van der Waals surface area contributed by atoms with Crippen molar-refractivity contribution in [1.29, 1.82) is 0 Å². The van der Waals surface area contributed by atoms with Crippen LogP contribution >= 0.6 is 0 Å². The lowest BCUT2D eigenvalue weighted by Gasteiger charge is -2.05. The van der Waals surface area contributed by atoms with Gasteiger partial charge in [0.1, 0.15) is 5.52 Å². The maximum absolute atomic E-state index is 11.2. The summed E-state index contributed by atoms with van der Waals surface area (Å²) in [4.78, 5) is 16.7. The quantitative estimate of drug-likeness (QED) is 0.614. The molecule has 0 N–H and O–H groups in total. The highest BCUT2D eigenvalue weighted by atomic mass is 16.6. The molecule has 0 saturated heterocycles. The second-order valence-electron chi connectivity index (χ2n) is 4.11. The van der Waals surface area contributed by atoms with Crippen molar-refractivity contribution in [2.45, 2.75) is 0 Å². The molecule has 2 rings (SSSR count). The van der Waals surface area contributed by atoms with Crippen molar-refractivity contribution >= 4 is 22.7 Å². The SMILES string of the molecule is CN(C)/C=C/c1ccc2cccnc2c1[N+](=O)[O-]. The number of nitro benzene ring substituents is 1. The van der Waals surface area contributed by atoms with Crippen molar-refractivity contribution in [1.82, 2.24) is 9.88 Å². The minimum absolute atomic E-state index is 0.0474. The number of pyridine rings is 1.